The summed E-state index contributed by atoms with van der Waals surface area (Å²) < 4.78 is 5.74. The Morgan fingerprint density at radius 1 is 1.26 bits per heavy atom. The fourth-order valence-electron chi connectivity index (χ4n) is 3.17. The van der Waals surface area contributed by atoms with Crippen molar-refractivity contribution in [2.45, 2.75) is 51.4 Å². The molecule has 0 aliphatic carbocycles. The summed E-state index contributed by atoms with van der Waals surface area (Å²) in [6.45, 7) is 8.30. The number of morpholine rings is 1. The Bertz CT molecular complexity index is 295. The zero-order chi connectivity index (χ0) is 13.8. The van der Waals surface area contributed by atoms with Crippen molar-refractivity contribution in [3.63, 3.8) is 0 Å². The van der Waals surface area contributed by atoms with Crippen molar-refractivity contribution in [3.8, 4) is 0 Å². The lowest BCUT2D eigenvalue weighted by Crippen LogP contribution is -2.53. The highest BCUT2D eigenvalue weighted by molar-refractivity contribution is 5.77. The van der Waals surface area contributed by atoms with E-state index in [1.54, 1.807) is 0 Å². The Kier molecular flexibility index (Phi) is 5.19. The number of carbonyl (C=O) groups is 1. The molecule has 0 bridgehead atoms. The Morgan fingerprint density at radius 3 is 2.37 bits per heavy atom. The normalized spacial score (nSPS) is 30.6. The molecule has 2 aliphatic rings. The van der Waals surface area contributed by atoms with Gasteiger partial charge in [-0.25, -0.2) is 0 Å². The molecule has 2 aliphatic heterocycles. The van der Waals surface area contributed by atoms with Crippen LogP contribution in [0.3, 0.4) is 0 Å². The first kappa shape index (κ1) is 14.8. The fraction of sp³-hybridized carbons (Fsp3) is 0.929. The van der Waals surface area contributed by atoms with Crippen LogP contribution in [0.1, 0.15) is 33.1 Å². The highest BCUT2D eigenvalue weighted by Crippen LogP contribution is 2.17. The molecule has 0 aromatic carbocycles. The average molecular weight is 269 g/mol. The Hall–Kier alpha value is -0.650. The van der Waals surface area contributed by atoms with E-state index in [9.17, 15) is 4.79 Å². The minimum absolute atomic E-state index is 0.155. The van der Waals surface area contributed by atoms with Crippen LogP contribution in [-0.4, -0.2) is 66.7 Å². The summed E-state index contributed by atoms with van der Waals surface area (Å²) in [6, 6.07) is 0.155. The zero-order valence-corrected chi connectivity index (χ0v) is 12.2. The molecule has 0 radical (unpaired) electrons. The first-order valence-corrected chi connectivity index (χ1v) is 7.47. The third-order valence-electron chi connectivity index (χ3n) is 4.11. The molecule has 3 atom stereocenters. The van der Waals surface area contributed by atoms with E-state index in [-0.39, 0.29) is 24.2 Å². The molecule has 2 N–H and O–H groups in total. The van der Waals surface area contributed by atoms with Gasteiger partial charge in [-0.2, -0.15) is 0 Å². The van der Waals surface area contributed by atoms with Gasteiger partial charge in [0, 0.05) is 45.2 Å². The lowest BCUT2D eigenvalue weighted by Gasteiger charge is -2.40. The van der Waals surface area contributed by atoms with E-state index in [1.165, 1.54) is 0 Å². The number of amides is 1. The number of ether oxygens (including phenoxy) is 1. The molecule has 5 nitrogen and oxygen atoms in total. The third-order valence-corrected chi connectivity index (χ3v) is 4.11. The molecule has 2 rings (SSSR count). The number of carbonyl (C=O) groups excluding carboxylic acids is 1. The third kappa shape index (κ3) is 3.91. The summed E-state index contributed by atoms with van der Waals surface area (Å²) in [7, 11) is 0. The highest BCUT2D eigenvalue weighted by Gasteiger charge is 2.30. The minimum Gasteiger partial charge on any atom is -0.373 e. The molecular formula is C14H27N3O2. The Balaban J connectivity index is 1.89. The first-order chi connectivity index (χ1) is 9.10. The molecule has 1 amide bonds. The molecular weight excluding hydrogens is 242 g/mol. The maximum absolute atomic E-state index is 12.2. The Morgan fingerprint density at radius 2 is 1.84 bits per heavy atom. The van der Waals surface area contributed by atoms with Crippen molar-refractivity contribution in [1.29, 1.82) is 0 Å². The minimum atomic E-state index is 0.155. The van der Waals surface area contributed by atoms with Crippen LogP contribution in [0, 0.1) is 0 Å². The van der Waals surface area contributed by atoms with Gasteiger partial charge in [0.1, 0.15) is 0 Å². The van der Waals surface area contributed by atoms with Gasteiger partial charge in [-0.1, -0.05) is 0 Å². The predicted molar refractivity (Wildman–Crippen MR) is 74.9 cm³/mol. The molecule has 0 aromatic heterocycles. The number of nitrogens with zero attached hydrogens (tertiary/aromatic N) is 2. The lowest BCUT2D eigenvalue weighted by atomic mass is 10.1. The second-order valence-electron chi connectivity index (χ2n) is 5.89. The van der Waals surface area contributed by atoms with Crippen LogP contribution >= 0.6 is 0 Å². The second kappa shape index (κ2) is 6.68. The van der Waals surface area contributed by atoms with Crippen LogP contribution in [0.15, 0.2) is 0 Å². The van der Waals surface area contributed by atoms with Crippen molar-refractivity contribution in [2.75, 3.05) is 32.7 Å². The number of nitrogens with two attached hydrogens (primary N) is 1. The van der Waals surface area contributed by atoms with Gasteiger partial charge in [-0.15, -0.1) is 0 Å². The standard InChI is InChI=1S/C14H27N3O2/c1-11-9-17(10-12(2)19-11)13(8-15)7-14(18)16-5-3-4-6-16/h11-13H,3-10,15H2,1-2H3. The van der Waals surface area contributed by atoms with E-state index in [0.717, 1.165) is 39.0 Å². The molecule has 110 valence electrons. The van der Waals surface area contributed by atoms with Gasteiger partial charge < -0.3 is 15.4 Å². The maximum Gasteiger partial charge on any atom is 0.224 e. The SMILES string of the molecule is CC1CN(C(CN)CC(=O)N2CCCC2)CC(C)O1. The summed E-state index contributed by atoms with van der Waals surface area (Å²) >= 11 is 0. The van der Waals surface area contributed by atoms with Crippen LogP contribution in [0.25, 0.3) is 0 Å². The van der Waals surface area contributed by atoms with Crippen molar-refractivity contribution >= 4 is 5.91 Å². The van der Waals surface area contributed by atoms with E-state index in [1.807, 2.05) is 4.90 Å². The van der Waals surface area contributed by atoms with E-state index in [2.05, 4.69) is 18.7 Å². The van der Waals surface area contributed by atoms with Crippen LogP contribution in [0.2, 0.25) is 0 Å². The largest absolute Gasteiger partial charge is 0.373 e. The van der Waals surface area contributed by atoms with Gasteiger partial charge in [-0.05, 0) is 26.7 Å². The number of hydrogen-bond acceptors (Lipinski definition) is 4. The summed E-state index contributed by atoms with van der Waals surface area (Å²) in [6.07, 6.45) is 3.28. The topological polar surface area (TPSA) is 58.8 Å². The van der Waals surface area contributed by atoms with Gasteiger partial charge in [0.2, 0.25) is 5.91 Å². The average Bonchev–Trinajstić information content (AvgIpc) is 2.88. The van der Waals surface area contributed by atoms with Crippen LogP contribution in [0.4, 0.5) is 0 Å². The van der Waals surface area contributed by atoms with Crippen LogP contribution < -0.4 is 5.73 Å². The second-order valence-corrected chi connectivity index (χ2v) is 5.89. The zero-order valence-electron chi connectivity index (χ0n) is 12.2. The van der Waals surface area contributed by atoms with E-state index < -0.39 is 0 Å². The number of likely N-dealkylation sites (tertiary alicyclic amines) is 1. The van der Waals surface area contributed by atoms with E-state index >= 15 is 0 Å². The van der Waals surface area contributed by atoms with Gasteiger partial charge in [0.25, 0.3) is 0 Å². The Labute approximate surface area is 116 Å². The molecule has 5 heteroatoms. The quantitative estimate of drug-likeness (QED) is 0.804. The molecule has 0 saturated carbocycles. The molecule has 0 aromatic rings. The number of hydrogen-bond donors (Lipinski definition) is 1. The highest BCUT2D eigenvalue weighted by atomic mass is 16.5. The molecule has 2 heterocycles. The monoisotopic (exact) mass is 269 g/mol. The summed E-state index contributed by atoms with van der Waals surface area (Å²) in [5.41, 5.74) is 5.89. The van der Waals surface area contributed by atoms with Crippen LogP contribution in [-0.2, 0) is 9.53 Å². The number of rotatable bonds is 4. The van der Waals surface area contributed by atoms with Crippen molar-refractivity contribution in [2.24, 2.45) is 5.73 Å². The van der Waals surface area contributed by atoms with Crippen LogP contribution in [0.5, 0.6) is 0 Å². The smallest absolute Gasteiger partial charge is 0.224 e. The maximum atomic E-state index is 12.2. The van der Waals surface area contributed by atoms with Crippen molar-refractivity contribution < 1.29 is 9.53 Å². The lowest BCUT2D eigenvalue weighted by molar-refractivity contribution is -0.133. The molecule has 2 saturated heterocycles. The van der Waals surface area contributed by atoms with Crippen molar-refractivity contribution in [1.82, 2.24) is 9.80 Å². The van der Waals surface area contributed by atoms with Gasteiger partial charge in [-0.3, -0.25) is 9.69 Å². The van der Waals surface area contributed by atoms with E-state index in [4.69, 9.17) is 10.5 Å². The summed E-state index contributed by atoms with van der Waals surface area (Å²) in [5, 5.41) is 0. The van der Waals surface area contributed by atoms with Crippen molar-refractivity contribution in [3.05, 3.63) is 0 Å². The fourth-order valence-corrected chi connectivity index (χ4v) is 3.17. The van der Waals surface area contributed by atoms with Gasteiger partial charge >= 0.3 is 0 Å². The van der Waals surface area contributed by atoms with Gasteiger partial charge in [0.05, 0.1) is 12.2 Å². The first-order valence-electron chi connectivity index (χ1n) is 7.47. The molecule has 3 unspecified atom stereocenters. The van der Waals surface area contributed by atoms with E-state index in [0.29, 0.717) is 13.0 Å². The molecule has 2 fully saturated rings. The predicted octanol–water partition coefficient (Wildman–Crippen LogP) is 0.435. The molecule has 19 heavy (non-hydrogen) atoms. The summed E-state index contributed by atoms with van der Waals surface area (Å²) in [4.78, 5) is 16.5. The molecule has 0 spiro atoms. The summed E-state index contributed by atoms with van der Waals surface area (Å²) in [5.74, 6) is 0.264. The van der Waals surface area contributed by atoms with Gasteiger partial charge in [0.15, 0.2) is 0 Å².